The van der Waals surface area contributed by atoms with E-state index < -0.39 is 22.5 Å². The lowest BCUT2D eigenvalue weighted by Gasteiger charge is -2.25. The third kappa shape index (κ3) is 7.16. The van der Waals surface area contributed by atoms with Crippen LogP contribution < -0.4 is 14.5 Å². The number of hydrogen-bond acceptors (Lipinski definition) is 5. The molecular formula is C27H31N3O4S. The molecule has 35 heavy (non-hydrogen) atoms. The molecule has 184 valence electrons. The standard InChI is InChI=1S/C27H31N3O4S/c1-20(2)19-34-24-13-11-23(12-14-24)17-28-29-27(31)18-30(26-15-10-21(3)16-22(26)4)35(32,33)25-8-6-5-7-9-25/h5-17,20H,18-19H2,1-4H3,(H,29,31)/b28-17+. The largest absolute Gasteiger partial charge is 0.493 e. The minimum absolute atomic E-state index is 0.107. The second kappa shape index (κ2) is 11.7. The third-order valence-corrected chi connectivity index (χ3v) is 6.88. The molecule has 0 saturated carbocycles. The van der Waals surface area contributed by atoms with E-state index in [0.29, 0.717) is 18.2 Å². The number of amides is 1. The Bertz CT molecular complexity index is 1270. The Morgan fingerprint density at radius 2 is 1.71 bits per heavy atom. The van der Waals surface area contributed by atoms with Crippen LogP contribution in [0.3, 0.4) is 0 Å². The Hall–Kier alpha value is -3.65. The van der Waals surface area contributed by atoms with Crippen LogP contribution in [0.4, 0.5) is 5.69 Å². The van der Waals surface area contributed by atoms with E-state index in [1.54, 1.807) is 24.3 Å². The first kappa shape index (κ1) is 26.0. The van der Waals surface area contributed by atoms with Crippen molar-refractivity contribution >= 4 is 27.8 Å². The van der Waals surface area contributed by atoms with Gasteiger partial charge in [0.15, 0.2) is 0 Å². The molecule has 7 nitrogen and oxygen atoms in total. The summed E-state index contributed by atoms with van der Waals surface area (Å²) in [5, 5.41) is 4.00. The van der Waals surface area contributed by atoms with Crippen LogP contribution >= 0.6 is 0 Å². The maximum Gasteiger partial charge on any atom is 0.264 e. The van der Waals surface area contributed by atoms with Gasteiger partial charge in [-0.3, -0.25) is 9.10 Å². The summed E-state index contributed by atoms with van der Waals surface area (Å²) in [4.78, 5) is 12.8. The Morgan fingerprint density at radius 1 is 1.03 bits per heavy atom. The van der Waals surface area contributed by atoms with E-state index in [4.69, 9.17) is 4.74 Å². The average molecular weight is 494 g/mol. The number of ether oxygens (including phenoxy) is 1. The highest BCUT2D eigenvalue weighted by molar-refractivity contribution is 7.92. The Morgan fingerprint density at radius 3 is 2.34 bits per heavy atom. The van der Waals surface area contributed by atoms with Gasteiger partial charge in [-0.2, -0.15) is 5.10 Å². The van der Waals surface area contributed by atoms with Gasteiger partial charge in [0.1, 0.15) is 12.3 Å². The lowest BCUT2D eigenvalue weighted by Crippen LogP contribution is -2.40. The number of carbonyl (C=O) groups is 1. The molecule has 0 bridgehead atoms. The molecule has 3 aromatic carbocycles. The number of sulfonamides is 1. The van der Waals surface area contributed by atoms with Gasteiger partial charge < -0.3 is 4.74 Å². The van der Waals surface area contributed by atoms with Crippen molar-refractivity contribution in [2.24, 2.45) is 11.0 Å². The van der Waals surface area contributed by atoms with Crippen molar-refractivity contribution in [1.29, 1.82) is 0 Å². The Kier molecular flexibility index (Phi) is 8.65. The number of benzene rings is 3. The first-order valence-electron chi connectivity index (χ1n) is 11.4. The van der Waals surface area contributed by atoms with Crippen LogP contribution in [0, 0.1) is 19.8 Å². The van der Waals surface area contributed by atoms with Crippen molar-refractivity contribution in [1.82, 2.24) is 5.43 Å². The topological polar surface area (TPSA) is 88.1 Å². The molecule has 0 atom stereocenters. The van der Waals surface area contributed by atoms with Crippen LogP contribution in [-0.4, -0.2) is 33.7 Å². The molecule has 0 aliphatic carbocycles. The lowest BCUT2D eigenvalue weighted by molar-refractivity contribution is -0.119. The van der Waals surface area contributed by atoms with Crippen molar-refractivity contribution < 1.29 is 17.9 Å². The van der Waals surface area contributed by atoms with Crippen molar-refractivity contribution in [3.05, 3.63) is 89.5 Å². The number of nitrogens with one attached hydrogen (secondary N) is 1. The normalized spacial score (nSPS) is 11.6. The van der Waals surface area contributed by atoms with Gasteiger partial charge in [0.25, 0.3) is 15.9 Å². The monoisotopic (exact) mass is 493 g/mol. The molecule has 0 spiro atoms. The summed E-state index contributed by atoms with van der Waals surface area (Å²) >= 11 is 0. The van der Waals surface area contributed by atoms with E-state index in [-0.39, 0.29) is 4.90 Å². The molecule has 0 fully saturated rings. The van der Waals surface area contributed by atoms with E-state index in [1.807, 2.05) is 50.2 Å². The van der Waals surface area contributed by atoms with Crippen molar-refractivity contribution in [3.8, 4) is 5.75 Å². The highest BCUT2D eigenvalue weighted by Gasteiger charge is 2.28. The highest BCUT2D eigenvalue weighted by atomic mass is 32.2. The van der Waals surface area contributed by atoms with Gasteiger partial charge in [-0.15, -0.1) is 0 Å². The summed E-state index contributed by atoms with van der Waals surface area (Å²) in [5.74, 6) is 0.633. The number of carbonyl (C=O) groups excluding carboxylic acids is 1. The third-order valence-electron chi connectivity index (χ3n) is 5.11. The van der Waals surface area contributed by atoms with E-state index in [1.165, 1.54) is 18.3 Å². The summed E-state index contributed by atoms with van der Waals surface area (Å²) in [5.41, 5.74) is 5.39. The van der Waals surface area contributed by atoms with Crippen LogP contribution in [0.5, 0.6) is 5.75 Å². The number of hydrogen-bond donors (Lipinski definition) is 1. The smallest absolute Gasteiger partial charge is 0.264 e. The molecule has 0 unspecified atom stereocenters. The molecule has 0 aliphatic rings. The van der Waals surface area contributed by atoms with Gasteiger partial charge in [-0.1, -0.05) is 49.7 Å². The van der Waals surface area contributed by atoms with Gasteiger partial charge in [-0.25, -0.2) is 13.8 Å². The van der Waals surface area contributed by atoms with Crippen LogP contribution in [-0.2, 0) is 14.8 Å². The molecule has 0 saturated heterocycles. The fourth-order valence-corrected chi connectivity index (χ4v) is 4.87. The molecule has 0 aromatic heterocycles. The minimum atomic E-state index is -3.97. The number of aryl methyl sites for hydroxylation is 2. The molecule has 1 amide bonds. The molecule has 8 heteroatoms. The Balaban J connectivity index is 1.75. The molecule has 1 N–H and O–H groups in total. The number of nitrogens with zero attached hydrogens (tertiary/aromatic N) is 2. The van der Waals surface area contributed by atoms with Crippen LogP contribution in [0.2, 0.25) is 0 Å². The van der Waals surface area contributed by atoms with Gasteiger partial charge in [0.05, 0.1) is 23.4 Å². The number of anilines is 1. The summed E-state index contributed by atoms with van der Waals surface area (Å²) in [7, 11) is -3.97. The van der Waals surface area contributed by atoms with E-state index in [0.717, 1.165) is 26.7 Å². The summed E-state index contributed by atoms with van der Waals surface area (Å²) in [6.45, 7) is 8.12. The van der Waals surface area contributed by atoms with Crippen LogP contribution in [0.1, 0.15) is 30.5 Å². The fourth-order valence-electron chi connectivity index (χ4n) is 3.36. The zero-order valence-corrected chi connectivity index (χ0v) is 21.2. The molecule has 3 rings (SSSR count). The second-order valence-corrected chi connectivity index (χ2v) is 10.5. The van der Waals surface area contributed by atoms with E-state index in [2.05, 4.69) is 24.4 Å². The van der Waals surface area contributed by atoms with Crippen molar-refractivity contribution in [2.45, 2.75) is 32.6 Å². The molecule has 3 aromatic rings. The summed E-state index contributed by atoms with van der Waals surface area (Å²) < 4.78 is 33.6. The quantitative estimate of drug-likeness (QED) is 0.328. The zero-order chi connectivity index (χ0) is 25.4. The first-order chi connectivity index (χ1) is 16.7. The summed E-state index contributed by atoms with van der Waals surface area (Å²) in [6.07, 6.45) is 1.50. The zero-order valence-electron chi connectivity index (χ0n) is 20.4. The minimum Gasteiger partial charge on any atom is -0.493 e. The molecular weight excluding hydrogens is 462 g/mol. The van der Waals surface area contributed by atoms with Gasteiger partial charge in [0, 0.05) is 0 Å². The SMILES string of the molecule is Cc1ccc(N(CC(=O)N/N=C/c2ccc(OCC(C)C)cc2)S(=O)(=O)c2ccccc2)c(C)c1. The van der Waals surface area contributed by atoms with E-state index in [9.17, 15) is 13.2 Å². The van der Waals surface area contributed by atoms with Crippen LogP contribution in [0.25, 0.3) is 0 Å². The van der Waals surface area contributed by atoms with E-state index >= 15 is 0 Å². The van der Waals surface area contributed by atoms with Gasteiger partial charge >= 0.3 is 0 Å². The summed E-state index contributed by atoms with van der Waals surface area (Å²) in [6, 6.07) is 20.8. The predicted octanol–water partition coefficient (Wildman–Crippen LogP) is 4.68. The Labute approximate surface area is 207 Å². The predicted molar refractivity (Wildman–Crippen MR) is 139 cm³/mol. The maximum absolute atomic E-state index is 13.4. The molecule has 0 heterocycles. The van der Waals surface area contributed by atoms with Gasteiger partial charge in [0.2, 0.25) is 0 Å². The van der Waals surface area contributed by atoms with Gasteiger partial charge in [-0.05, 0) is 73.4 Å². The average Bonchev–Trinajstić information content (AvgIpc) is 2.83. The molecule has 0 aliphatic heterocycles. The fraction of sp³-hybridized carbons (Fsp3) is 0.259. The molecule has 0 radical (unpaired) electrons. The highest BCUT2D eigenvalue weighted by Crippen LogP contribution is 2.27. The second-order valence-electron chi connectivity index (χ2n) is 8.68. The van der Waals surface area contributed by atoms with Crippen molar-refractivity contribution in [3.63, 3.8) is 0 Å². The maximum atomic E-state index is 13.4. The first-order valence-corrected chi connectivity index (χ1v) is 12.8. The number of hydrazone groups is 1. The number of rotatable bonds is 10. The van der Waals surface area contributed by atoms with Crippen LogP contribution in [0.15, 0.2) is 82.8 Å². The van der Waals surface area contributed by atoms with Crippen molar-refractivity contribution in [2.75, 3.05) is 17.5 Å². The lowest BCUT2D eigenvalue weighted by atomic mass is 10.1.